The van der Waals surface area contributed by atoms with E-state index in [0.29, 0.717) is 0 Å². The molecule has 0 atom stereocenters. The SMILES string of the molecule is CC1CCC2(CC1)CC(C)C2. The highest BCUT2D eigenvalue weighted by Gasteiger charge is 2.43. The van der Waals surface area contributed by atoms with Gasteiger partial charge in [0.1, 0.15) is 0 Å². The summed E-state index contributed by atoms with van der Waals surface area (Å²) in [5.41, 5.74) is 0.853. The molecule has 11 heavy (non-hydrogen) atoms. The van der Waals surface area contributed by atoms with Crippen LogP contribution in [0.1, 0.15) is 52.4 Å². The lowest BCUT2D eigenvalue weighted by atomic mass is 9.55. The van der Waals surface area contributed by atoms with E-state index in [0.717, 1.165) is 17.3 Å². The molecule has 64 valence electrons. The fraction of sp³-hybridized carbons (Fsp3) is 1.00. The summed E-state index contributed by atoms with van der Waals surface area (Å²) in [5.74, 6) is 2.07. The second kappa shape index (κ2) is 2.50. The highest BCUT2D eigenvalue weighted by molar-refractivity contribution is 4.94. The first-order chi connectivity index (χ1) is 5.20. The van der Waals surface area contributed by atoms with E-state index < -0.39 is 0 Å². The summed E-state index contributed by atoms with van der Waals surface area (Å²) in [7, 11) is 0. The summed E-state index contributed by atoms with van der Waals surface area (Å²) in [5, 5.41) is 0. The molecule has 0 heterocycles. The van der Waals surface area contributed by atoms with Crippen LogP contribution in [0.5, 0.6) is 0 Å². The van der Waals surface area contributed by atoms with E-state index in [2.05, 4.69) is 13.8 Å². The van der Waals surface area contributed by atoms with Crippen LogP contribution in [0.25, 0.3) is 0 Å². The van der Waals surface area contributed by atoms with Crippen molar-refractivity contribution in [1.29, 1.82) is 0 Å². The molecule has 2 fully saturated rings. The van der Waals surface area contributed by atoms with Gasteiger partial charge in [-0.1, -0.05) is 26.7 Å². The Morgan fingerprint density at radius 1 is 0.909 bits per heavy atom. The van der Waals surface area contributed by atoms with Crippen molar-refractivity contribution in [3.05, 3.63) is 0 Å². The van der Waals surface area contributed by atoms with Gasteiger partial charge in [0.05, 0.1) is 0 Å². The summed E-state index contributed by atoms with van der Waals surface area (Å²) >= 11 is 0. The van der Waals surface area contributed by atoms with E-state index in [-0.39, 0.29) is 0 Å². The molecule has 2 aliphatic carbocycles. The van der Waals surface area contributed by atoms with Crippen molar-refractivity contribution in [1.82, 2.24) is 0 Å². The molecule has 0 aliphatic heterocycles. The molecule has 0 N–H and O–H groups in total. The minimum Gasteiger partial charge on any atom is -0.0625 e. The fourth-order valence-corrected chi connectivity index (χ4v) is 3.20. The van der Waals surface area contributed by atoms with Crippen LogP contribution in [0, 0.1) is 17.3 Å². The summed E-state index contributed by atoms with van der Waals surface area (Å²) in [6.07, 6.45) is 9.18. The topological polar surface area (TPSA) is 0 Å². The number of hydrogen-bond acceptors (Lipinski definition) is 0. The van der Waals surface area contributed by atoms with Crippen molar-refractivity contribution in [3.8, 4) is 0 Å². The lowest BCUT2D eigenvalue weighted by molar-refractivity contribution is 0.0112. The average molecular weight is 152 g/mol. The quantitative estimate of drug-likeness (QED) is 0.497. The van der Waals surface area contributed by atoms with E-state index in [1.807, 2.05) is 0 Å². The van der Waals surface area contributed by atoms with E-state index in [1.54, 1.807) is 25.7 Å². The Bertz CT molecular complexity index is 132. The molecule has 0 aromatic heterocycles. The minimum atomic E-state index is 0.853. The summed E-state index contributed by atoms with van der Waals surface area (Å²) < 4.78 is 0. The number of hydrogen-bond donors (Lipinski definition) is 0. The highest BCUT2D eigenvalue weighted by atomic mass is 14.5. The normalized spacial score (nSPS) is 50.7. The van der Waals surface area contributed by atoms with Gasteiger partial charge in [-0.05, 0) is 42.9 Å². The molecule has 0 heteroatoms. The Kier molecular flexibility index (Phi) is 1.74. The summed E-state index contributed by atoms with van der Waals surface area (Å²) in [6, 6.07) is 0. The van der Waals surface area contributed by atoms with Crippen molar-refractivity contribution < 1.29 is 0 Å². The molecule has 0 unspecified atom stereocenters. The van der Waals surface area contributed by atoms with E-state index in [1.165, 1.54) is 12.8 Å². The zero-order chi connectivity index (χ0) is 7.90. The third-order valence-electron chi connectivity index (χ3n) is 3.90. The van der Waals surface area contributed by atoms with Crippen LogP contribution in [-0.4, -0.2) is 0 Å². The van der Waals surface area contributed by atoms with Crippen molar-refractivity contribution in [2.75, 3.05) is 0 Å². The Morgan fingerprint density at radius 3 is 1.91 bits per heavy atom. The van der Waals surface area contributed by atoms with Crippen LogP contribution in [-0.2, 0) is 0 Å². The molecule has 0 nitrogen and oxygen atoms in total. The molecule has 0 aromatic rings. The highest BCUT2D eigenvalue weighted by Crippen LogP contribution is 2.55. The van der Waals surface area contributed by atoms with Gasteiger partial charge in [0.25, 0.3) is 0 Å². The van der Waals surface area contributed by atoms with Crippen LogP contribution in [0.3, 0.4) is 0 Å². The van der Waals surface area contributed by atoms with Crippen molar-refractivity contribution in [3.63, 3.8) is 0 Å². The second-order valence-corrected chi connectivity index (χ2v) is 5.20. The maximum Gasteiger partial charge on any atom is -0.0292 e. The van der Waals surface area contributed by atoms with Crippen LogP contribution < -0.4 is 0 Å². The molecule has 0 radical (unpaired) electrons. The predicted octanol–water partition coefficient (Wildman–Crippen LogP) is 3.61. The van der Waals surface area contributed by atoms with Crippen LogP contribution in [0.4, 0.5) is 0 Å². The first kappa shape index (κ1) is 7.64. The second-order valence-electron chi connectivity index (χ2n) is 5.20. The first-order valence-electron chi connectivity index (χ1n) is 5.20. The first-order valence-corrected chi connectivity index (χ1v) is 5.20. The predicted molar refractivity (Wildman–Crippen MR) is 48.5 cm³/mol. The fourth-order valence-electron chi connectivity index (χ4n) is 3.20. The molecule has 2 saturated carbocycles. The molecule has 1 spiro atoms. The summed E-state index contributed by atoms with van der Waals surface area (Å²) in [4.78, 5) is 0. The standard InChI is InChI=1S/C11H20/c1-9-3-5-11(6-4-9)7-10(2)8-11/h9-10H,3-8H2,1-2H3. The van der Waals surface area contributed by atoms with Crippen molar-refractivity contribution in [2.45, 2.75) is 52.4 Å². The minimum absolute atomic E-state index is 0.853. The molecule has 0 saturated heterocycles. The Balaban J connectivity index is 1.88. The van der Waals surface area contributed by atoms with Gasteiger partial charge in [-0.15, -0.1) is 0 Å². The molecule has 2 rings (SSSR count). The third-order valence-corrected chi connectivity index (χ3v) is 3.90. The largest absolute Gasteiger partial charge is 0.0625 e. The maximum absolute atomic E-state index is 2.41. The molecule has 0 aromatic carbocycles. The van der Waals surface area contributed by atoms with Crippen LogP contribution in [0.15, 0.2) is 0 Å². The molecular weight excluding hydrogens is 132 g/mol. The zero-order valence-electron chi connectivity index (χ0n) is 7.90. The van der Waals surface area contributed by atoms with Crippen molar-refractivity contribution >= 4 is 0 Å². The third kappa shape index (κ3) is 1.32. The Labute approximate surface area is 70.4 Å². The average Bonchev–Trinajstić information content (AvgIpc) is 1.92. The lowest BCUT2D eigenvalue weighted by Crippen LogP contribution is -2.38. The van der Waals surface area contributed by atoms with Gasteiger partial charge in [0, 0.05) is 0 Å². The number of rotatable bonds is 0. The van der Waals surface area contributed by atoms with Gasteiger partial charge >= 0.3 is 0 Å². The smallest absolute Gasteiger partial charge is 0.0292 e. The molecule has 0 amide bonds. The Morgan fingerprint density at radius 2 is 1.45 bits per heavy atom. The van der Waals surface area contributed by atoms with Gasteiger partial charge in [0.2, 0.25) is 0 Å². The van der Waals surface area contributed by atoms with Gasteiger partial charge in [-0.3, -0.25) is 0 Å². The van der Waals surface area contributed by atoms with E-state index in [4.69, 9.17) is 0 Å². The van der Waals surface area contributed by atoms with Crippen molar-refractivity contribution in [2.24, 2.45) is 17.3 Å². The van der Waals surface area contributed by atoms with E-state index >= 15 is 0 Å². The monoisotopic (exact) mass is 152 g/mol. The van der Waals surface area contributed by atoms with Gasteiger partial charge < -0.3 is 0 Å². The van der Waals surface area contributed by atoms with Gasteiger partial charge in [-0.2, -0.15) is 0 Å². The van der Waals surface area contributed by atoms with Crippen LogP contribution in [0.2, 0.25) is 0 Å². The van der Waals surface area contributed by atoms with Gasteiger partial charge in [-0.25, -0.2) is 0 Å². The van der Waals surface area contributed by atoms with Gasteiger partial charge in [0.15, 0.2) is 0 Å². The Hall–Kier alpha value is 0. The molecule has 2 aliphatic rings. The molecule has 0 bridgehead atoms. The zero-order valence-corrected chi connectivity index (χ0v) is 7.90. The lowest BCUT2D eigenvalue weighted by Gasteiger charge is -2.50. The van der Waals surface area contributed by atoms with E-state index in [9.17, 15) is 0 Å². The van der Waals surface area contributed by atoms with Crippen LogP contribution >= 0.6 is 0 Å². The maximum atomic E-state index is 2.41. The summed E-state index contributed by atoms with van der Waals surface area (Å²) in [6.45, 7) is 4.82. The molecular formula is C11H20.